The number of pyridine rings is 1. The molecule has 0 amide bonds. The van der Waals surface area contributed by atoms with E-state index in [1.54, 1.807) is 36.5 Å². The first kappa shape index (κ1) is 24.6. The third-order valence-electron chi connectivity index (χ3n) is 8.11. The molecule has 2 aromatic carbocycles. The molecule has 190 valence electrons. The second kappa shape index (κ2) is 9.12. The number of rotatable bonds is 6. The van der Waals surface area contributed by atoms with Crippen LogP contribution in [0.3, 0.4) is 0 Å². The van der Waals surface area contributed by atoms with E-state index in [1.165, 1.54) is 7.11 Å². The van der Waals surface area contributed by atoms with E-state index in [9.17, 15) is 27.1 Å². The summed E-state index contributed by atoms with van der Waals surface area (Å²) < 4.78 is 76.7. The number of nitrogens with zero attached hydrogens (tertiary/aromatic N) is 2. The second-order valence-electron chi connectivity index (χ2n) is 9.81. The van der Waals surface area contributed by atoms with Crippen molar-refractivity contribution in [2.24, 2.45) is 11.8 Å². The Morgan fingerprint density at radius 2 is 1.81 bits per heavy atom. The molecule has 3 aliphatic heterocycles. The van der Waals surface area contributed by atoms with Gasteiger partial charge in [-0.25, -0.2) is 22.0 Å². The standard InChI is InChI=1S/C27H26F5N2O2/c1-3-14-12-34(13-19-22(28)24(30)26(32)25(31)23(19)29)9-7-15(14)10-21(34)27(35)17-6-8-33-20-5-4-16(36-2)11-18(17)20/h3-6,8,11,14-15,21,27,35H,1,7,9-10,12-13H2,2H3/q+1/t14?,15?,21?,27-,34?/m1/s1. The highest BCUT2D eigenvalue weighted by atomic mass is 19.2. The summed E-state index contributed by atoms with van der Waals surface area (Å²) in [5.74, 6) is -8.98. The highest BCUT2D eigenvalue weighted by molar-refractivity contribution is 5.83. The topological polar surface area (TPSA) is 42.4 Å². The lowest BCUT2D eigenvalue weighted by molar-refractivity contribution is -0.985. The molecule has 2 bridgehead atoms. The van der Waals surface area contributed by atoms with Gasteiger partial charge >= 0.3 is 0 Å². The third kappa shape index (κ3) is 3.76. The fourth-order valence-corrected chi connectivity index (χ4v) is 6.22. The first-order valence-electron chi connectivity index (χ1n) is 11.8. The number of ether oxygens (including phenoxy) is 1. The van der Waals surface area contributed by atoms with Crippen LogP contribution in [0.25, 0.3) is 10.9 Å². The number of aliphatic hydroxyl groups is 1. The maximum absolute atomic E-state index is 14.8. The molecule has 1 N–H and O–H groups in total. The van der Waals surface area contributed by atoms with Gasteiger partial charge in [-0.2, -0.15) is 0 Å². The maximum atomic E-state index is 14.8. The summed E-state index contributed by atoms with van der Waals surface area (Å²) in [6.07, 6.45) is 3.49. The molecule has 3 fully saturated rings. The number of aromatic nitrogens is 1. The van der Waals surface area contributed by atoms with Crippen LogP contribution in [0.2, 0.25) is 0 Å². The Hall–Kier alpha value is -3.04. The maximum Gasteiger partial charge on any atom is 0.200 e. The van der Waals surface area contributed by atoms with Crippen molar-refractivity contribution < 1.29 is 36.3 Å². The highest BCUT2D eigenvalue weighted by Crippen LogP contribution is 2.48. The largest absolute Gasteiger partial charge is 0.497 e. The van der Waals surface area contributed by atoms with E-state index in [-0.39, 0.29) is 16.3 Å². The minimum absolute atomic E-state index is 0.00209. The number of methoxy groups -OCH3 is 1. The highest BCUT2D eigenvalue weighted by Gasteiger charge is 2.54. The van der Waals surface area contributed by atoms with Gasteiger partial charge < -0.3 is 14.3 Å². The zero-order chi connectivity index (χ0) is 25.8. The van der Waals surface area contributed by atoms with E-state index >= 15 is 0 Å². The quantitative estimate of drug-likeness (QED) is 0.156. The Labute approximate surface area is 205 Å². The summed E-state index contributed by atoms with van der Waals surface area (Å²) in [6.45, 7) is 4.27. The lowest BCUT2D eigenvalue weighted by Crippen LogP contribution is -2.67. The van der Waals surface area contributed by atoms with Crippen molar-refractivity contribution >= 4 is 10.9 Å². The molecule has 3 aromatic rings. The van der Waals surface area contributed by atoms with E-state index < -0.39 is 53.3 Å². The molecule has 4 heterocycles. The number of hydrogen-bond donors (Lipinski definition) is 1. The van der Waals surface area contributed by atoms with Crippen molar-refractivity contribution in [3.8, 4) is 5.75 Å². The van der Waals surface area contributed by atoms with Crippen molar-refractivity contribution in [3.63, 3.8) is 0 Å². The van der Waals surface area contributed by atoms with Gasteiger partial charge in [-0.05, 0) is 35.7 Å². The van der Waals surface area contributed by atoms with E-state index in [4.69, 9.17) is 4.74 Å². The fourth-order valence-electron chi connectivity index (χ4n) is 6.22. The molecule has 36 heavy (non-hydrogen) atoms. The molecule has 3 aliphatic rings. The molecular weight excluding hydrogens is 479 g/mol. The number of quaternary nitrogens is 1. The molecule has 0 radical (unpaired) electrons. The molecule has 0 spiro atoms. The summed E-state index contributed by atoms with van der Waals surface area (Å²) in [4.78, 5) is 4.35. The van der Waals surface area contributed by atoms with Crippen LogP contribution in [0, 0.1) is 40.9 Å². The van der Waals surface area contributed by atoms with E-state index in [1.807, 2.05) is 0 Å². The van der Waals surface area contributed by atoms with Crippen LogP contribution in [0.4, 0.5) is 22.0 Å². The van der Waals surface area contributed by atoms with Crippen molar-refractivity contribution in [1.29, 1.82) is 0 Å². The van der Waals surface area contributed by atoms with Gasteiger partial charge in [-0.1, -0.05) is 6.08 Å². The lowest BCUT2D eigenvalue weighted by Gasteiger charge is -2.58. The molecule has 1 aromatic heterocycles. The minimum atomic E-state index is -2.18. The van der Waals surface area contributed by atoms with Crippen LogP contribution in [0.1, 0.15) is 30.1 Å². The molecule has 0 aliphatic carbocycles. The normalized spacial score (nSPS) is 26.2. The molecule has 0 saturated carbocycles. The van der Waals surface area contributed by atoms with Gasteiger partial charge in [0.25, 0.3) is 0 Å². The van der Waals surface area contributed by atoms with E-state index in [0.717, 1.165) is 0 Å². The lowest BCUT2D eigenvalue weighted by atomic mass is 9.71. The van der Waals surface area contributed by atoms with Gasteiger partial charge in [0.2, 0.25) is 5.82 Å². The molecule has 4 nitrogen and oxygen atoms in total. The van der Waals surface area contributed by atoms with Gasteiger partial charge in [0.15, 0.2) is 23.3 Å². The van der Waals surface area contributed by atoms with Crippen LogP contribution in [0.15, 0.2) is 43.1 Å². The van der Waals surface area contributed by atoms with Gasteiger partial charge in [-0.3, -0.25) is 4.98 Å². The average Bonchev–Trinajstić information content (AvgIpc) is 2.92. The Morgan fingerprint density at radius 3 is 2.47 bits per heavy atom. The van der Waals surface area contributed by atoms with Crippen LogP contribution in [0.5, 0.6) is 5.75 Å². The number of fused-ring (bicyclic) bond motifs is 4. The molecule has 4 unspecified atom stereocenters. The van der Waals surface area contributed by atoms with Crippen molar-refractivity contribution in [3.05, 3.63) is 83.3 Å². The van der Waals surface area contributed by atoms with Gasteiger partial charge in [0, 0.05) is 30.3 Å². The number of hydrogen-bond acceptors (Lipinski definition) is 3. The predicted octanol–water partition coefficient (Wildman–Crippen LogP) is 5.58. The van der Waals surface area contributed by atoms with Gasteiger partial charge in [0.1, 0.15) is 24.4 Å². The Morgan fingerprint density at radius 1 is 1.11 bits per heavy atom. The van der Waals surface area contributed by atoms with Crippen molar-refractivity contribution in [2.75, 3.05) is 20.2 Å². The number of piperidine rings is 3. The second-order valence-corrected chi connectivity index (χ2v) is 9.81. The zero-order valence-electron chi connectivity index (χ0n) is 19.7. The molecule has 3 saturated heterocycles. The van der Waals surface area contributed by atoms with E-state index in [0.29, 0.717) is 48.1 Å². The fraction of sp³-hybridized carbons (Fsp3) is 0.370. The Bertz CT molecular complexity index is 1320. The SMILES string of the molecule is C=CC1C[N+]2(Cc3c(F)c(F)c(F)c(F)c3F)CCC1CC2[C@H](O)c1ccnc2ccc(OC)cc12. The molecule has 9 heteroatoms. The zero-order valence-corrected chi connectivity index (χ0v) is 19.7. The minimum Gasteiger partial charge on any atom is -0.497 e. The van der Waals surface area contributed by atoms with Crippen molar-refractivity contribution in [1.82, 2.24) is 4.98 Å². The van der Waals surface area contributed by atoms with Crippen LogP contribution in [-0.4, -0.2) is 40.8 Å². The summed E-state index contributed by atoms with van der Waals surface area (Å²) in [7, 11) is 1.53. The summed E-state index contributed by atoms with van der Waals surface area (Å²) in [5.41, 5.74) is 0.355. The smallest absolute Gasteiger partial charge is 0.200 e. The van der Waals surface area contributed by atoms with Crippen molar-refractivity contribution in [2.45, 2.75) is 31.5 Å². The summed E-state index contributed by atoms with van der Waals surface area (Å²) in [5, 5.41) is 12.4. The number of benzene rings is 2. The first-order valence-corrected chi connectivity index (χ1v) is 11.8. The van der Waals surface area contributed by atoms with Crippen LogP contribution < -0.4 is 4.74 Å². The first-order chi connectivity index (χ1) is 17.2. The average molecular weight is 506 g/mol. The summed E-state index contributed by atoms with van der Waals surface area (Å²) in [6, 6.07) is 6.44. The third-order valence-corrected chi connectivity index (χ3v) is 8.11. The van der Waals surface area contributed by atoms with Gasteiger partial charge in [-0.15, -0.1) is 6.58 Å². The van der Waals surface area contributed by atoms with Crippen LogP contribution in [-0.2, 0) is 6.54 Å². The summed E-state index contributed by atoms with van der Waals surface area (Å²) >= 11 is 0. The van der Waals surface area contributed by atoms with Crippen LogP contribution >= 0.6 is 0 Å². The molecule has 5 atom stereocenters. The predicted molar refractivity (Wildman–Crippen MR) is 123 cm³/mol. The van der Waals surface area contributed by atoms with E-state index in [2.05, 4.69) is 11.6 Å². The Kier molecular flexibility index (Phi) is 6.24. The number of aliphatic hydroxyl groups excluding tert-OH is 1. The monoisotopic (exact) mass is 505 g/mol. The Balaban J connectivity index is 1.62. The molecule has 6 rings (SSSR count). The molecular formula is C27H26F5N2O2+. The van der Waals surface area contributed by atoms with Gasteiger partial charge in [0.05, 0.1) is 31.3 Å². The number of halogens is 5.